The molecular formula is C14H19F3N4O2. The lowest BCUT2D eigenvalue weighted by molar-refractivity contribution is -0.214. The number of nitrogens with zero attached hydrogens (tertiary/aromatic N) is 2. The monoisotopic (exact) mass is 332 g/mol. The standard InChI is InChI=1S/C14H19F3N4O2/c1-6(2)9(10(22)14(15,16)17)20-13(23)8-5-19-12(7-3-4-7)21-11(8)18/h5-7,9-10,22H,3-4H2,1-2H3,(H,20,23)(H2,18,19,21)/t9-,10-/m0/s1. The molecule has 0 bridgehead atoms. The quantitative estimate of drug-likeness (QED) is 0.760. The van der Waals surface area contributed by atoms with Crippen LogP contribution in [0.5, 0.6) is 0 Å². The van der Waals surface area contributed by atoms with E-state index >= 15 is 0 Å². The highest BCUT2D eigenvalue weighted by Crippen LogP contribution is 2.38. The van der Waals surface area contributed by atoms with E-state index in [1.165, 1.54) is 20.0 Å². The number of hydrogen-bond donors (Lipinski definition) is 3. The van der Waals surface area contributed by atoms with Gasteiger partial charge in [-0.2, -0.15) is 13.2 Å². The van der Waals surface area contributed by atoms with Crippen LogP contribution in [0, 0.1) is 5.92 Å². The summed E-state index contributed by atoms with van der Waals surface area (Å²) in [7, 11) is 0. The number of alkyl halides is 3. The third-order valence-electron chi connectivity index (χ3n) is 3.72. The van der Waals surface area contributed by atoms with Crippen molar-refractivity contribution in [3.63, 3.8) is 0 Å². The topological polar surface area (TPSA) is 101 Å². The molecule has 1 aromatic rings. The highest BCUT2D eigenvalue weighted by molar-refractivity contribution is 5.98. The molecule has 0 aromatic carbocycles. The van der Waals surface area contributed by atoms with E-state index in [1.807, 2.05) is 0 Å². The van der Waals surface area contributed by atoms with Gasteiger partial charge >= 0.3 is 6.18 Å². The SMILES string of the molecule is CC(C)[C@H](NC(=O)c1cnc(C2CC2)nc1N)[C@H](O)C(F)(F)F. The Morgan fingerprint density at radius 2 is 2.04 bits per heavy atom. The Morgan fingerprint density at radius 3 is 2.48 bits per heavy atom. The second-order valence-corrected chi connectivity index (χ2v) is 6.03. The molecule has 1 saturated carbocycles. The molecule has 4 N–H and O–H groups in total. The summed E-state index contributed by atoms with van der Waals surface area (Å²) in [6, 6.07) is -1.50. The number of aromatic nitrogens is 2. The summed E-state index contributed by atoms with van der Waals surface area (Å²) in [5.74, 6) is -0.779. The number of carbonyl (C=O) groups excluding carboxylic acids is 1. The van der Waals surface area contributed by atoms with Gasteiger partial charge in [-0.25, -0.2) is 9.97 Å². The summed E-state index contributed by atoms with van der Waals surface area (Å²) in [5.41, 5.74) is 5.60. The number of nitrogens with two attached hydrogens (primary N) is 1. The van der Waals surface area contributed by atoms with Gasteiger partial charge in [-0.15, -0.1) is 0 Å². The van der Waals surface area contributed by atoms with Gasteiger partial charge in [-0.1, -0.05) is 13.8 Å². The van der Waals surface area contributed by atoms with Crippen molar-refractivity contribution in [2.75, 3.05) is 5.73 Å². The average Bonchev–Trinajstić information content (AvgIpc) is 3.26. The van der Waals surface area contributed by atoms with Gasteiger partial charge in [0, 0.05) is 12.1 Å². The average molecular weight is 332 g/mol. The van der Waals surface area contributed by atoms with E-state index in [4.69, 9.17) is 5.73 Å². The first kappa shape index (κ1) is 17.5. The van der Waals surface area contributed by atoms with E-state index in [0.717, 1.165) is 12.8 Å². The number of amides is 1. The molecule has 0 saturated heterocycles. The predicted octanol–water partition coefficient (Wildman–Crippen LogP) is 1.61. The maximum atomic E-state index is 12.7. The number of hydrogen-bond acceptors (Lipinski definition) is 5. The fraction of sp³-hybridized carbons (Fsp3) is 0.643. The Balaban J connectivity index is 2.15. The molecular weight excluding hydrogens is 313 g/mol. The largest absolute Gasteiger partial charge is 0.416 e. The van der Waals surface area contributed by atoms with Crippen LogP contribution >= 0.6 is 0 Å². The smallest absolute Gasteiger partial charge is 0.383 e. The molecule has 1 amide bonds. The first-order valence-electron chi connectivity index (χ1n) is 7.29. The van der Waals surface area contributed by atoms with Crippen molar-refractivity contribution in [1.82, 2.24) is 15.3 Å². The van der Waals surface area contributed by atoms with Crippen LogP contribution in [0.3, 0.4) is 0 Å². The van der Waals surface area contributed by atoms with Gasteiger partial charge in [0.15, 0.2) is 6.10 Å². The van der Waals surface area contributed by atoms with Crippen LogP contribution < -0.4 is 11.1 Å². The van der Waals surface area contributed by atoms with Crippen molar-refractivity contribution >= 4 is 11.7 Å². The second-order valence-electron chi connectivity index (χ2n) is 6.03. The summed E-state index contributed by atoms with van der Waals surface area (Å²) in [6.07, 6.45) is -4.38. The van der Waals surface area contributed by atoms with Crippen LogP contribution in [0.4, 0.5) is 19.0 Å². The molecule has 1 aliphatic carbocycles. The molecule has 1 fully saturated rings. The molecule has 2 atom stereocenters. The van der Waals surface area contributed by atoms with E-state index < -0.39 is 30.1 Å². The van der Waals surface area contributed by atoms with E-state index in [2.05, 4.69) is 15.3 Å². The van der Waals surface area contributed by atoms with Gasteiger partial charge in [-0.05, 0) is 18.8 Å². The van der Waals surface area contributed by atoms with Gasteiger partial charge in [0.05, 0.1) is 11.6 Å². The number of rotatable bonds is 5. The lowest BCUT2D eigenvalue weighted by atomic mass is 9.97. The Labute approximate surface area is 131 Å². The lowest BCUT2D eigenvalue weighted by Gasteiger charge is -2.28. The molecule has 1 heterocycles. The number of halogens is 3. The number of nitrogen functional groups attached to an aromatic ring is 1. The van der Waals surface area contributed by atoms with Crippen molar-refractivity contribution in [3.8, 4) is 0 Å². The van der Waals surface area contributed by atoms with Gasteiger partial charge in [-0.3, -0.25) is 4.79 Å². The van der Waals surface area contributed by atoms with E-state index in [0.29, 0.717) is 5.82 Å². The molecule has 23 heavy (non-hydrogen) atoms. The zero-order valence-electron chi connectivity index (χ0n) is 12.8. The van der Waals surface area contributed by atoms with Crippen molar-refractivity contribution in [2.45, 2.75) is 50.9 Å². The number of carbonyl (C=O) groups is 1. The summed E-state index contributed by atoms with van der Waals surface area (Å²) in [4.78, 5) is 20.2. The Bertz CT molecular complexity index is 588. The maximum Gasteiger partial charge on any atom is 0.416 e. The van der Waals surface area contributed by atoms with E-state index in [1.54, 1.807) is 0 Å². The summed E-state index contributed by atoms with van der Waals surface area (Å²) in [5, 5.41) is 11.6. The number of anilines is 1. The first-order chi connectivity index (χ1) is 10.6. The van der Waals surface area contributed by atoms with Gasteiger partial charge in [0.1, 0.15) is 11.6 Å². The van der Waals surface area contributed by atoms with Gasteiger partial charge < -0.3 is 16.2 Å². The van der Waals surface area contributed by atoms with Crippen LogP contribution in [0.25, 0.3) is 0 Å². The van der Waals surface area contributed by atoms with Crippen LogP contribution in [-0.4, -0.2) is 39.3 Å². The minimum absolute atomic E-state index is 0.0802. The summed E-state index contributed by atoms with van der Waals surface area (Å²) >= 11 is 0. The third-order valence-corrected chi connectivity index (χ3v) is 3.72. The van der Waals surface area contributed by atoms with Crippen LogP contribution in [0.1, 0.15) is 48.8 Å². The van der Waals surface area contributed by atoms with Crippen molar-refractivity contribution in [3.05, 3.63) is 17.6 Å². The van der Waals surface area contributed by atoms with Crippen LogP contribution in [0.2, 0.25) is 0 Å². The van der Waals surface area contributed by atoms with Crippen molar-refractivity contribution in [2.24, 2.45) is 5.92 Å². The Hall–Kier alpha value is -1.90. The fourth-order valence-corrected chi connectivity index (χ4v) is 2.17. The number of nitrogens with one attached hydrogen (secondary N) is 1. The molecule has 1 aromatic heterocycles. The normalized spacial score (nSPS) is 17.9. The number of aliphatic hydroxyl groups is 1. The molecule has 9 heteroatoms. The molecule has 0 spiro atoms. The van der Waals surface area contributed by atoms with E-state index in [9.17, 15) is 23.1 Å². The highest BCUT2D eigenvalue weighted by atomic mass is 19.4. The minimum Gasteiger partial charge on any atom is -0.383 e. The summed E-state index contributed by atoms with van der Waals surface area (Å²) in [6.45, 7) is 2.94. The van der Waals surface area contributed by atoms with Gasteiger partial charge in [0.25, 0.3) is 5.91 Å². The maximum absolute atomic E-state index is 12.7. The first-order valence-corrected chi connectivity index (χ1v) is 7.29. The lowest BCUT2D eigenvalue weighted by Crippen LogP contribution is -2.52. The Morgan fingerprint density at radius 1 is 1.43 bits per heavy atom. The molecule has 2 rings (SSSR count). The van der Waals surface area contributed by atoms with Crippen LogP contribution in [0.15, 0.2) is 6.20 Å². The molecule has 128 valence electrons. The molecule has 0 unspecified atom stereocenters. The van der Waals surface area contributed by atoms with Crippen molar-refractivity contribution < 1.29 is 23.1 Å². The van der Waals surface area contributed by atoms with E-state index in [-0.39, 0.29) is 17.3 Å². The Kier molecular flexibility index (Phi) is 4.79. The molecule has 0 radical (unpaired) electrons. The summed E-state index contributed by atoms with van der Waals surface area (Å²) < 4.78 is 38.1. The second kappa shape index (κ2) is 6.31. The van der Waals surface area contributed by atoms with Gasteiger partial charge in [0.2, 0.25) is 0 Å². The zero-order valence-corrected chi connectivity index (χ0v) is 12.8. The molecule has 0 aliphatic heterocycles. The van der Waals surface area contributed by atoms with Crippen molar-refractivity contribution in [1.29, 1.82) is 0 Å². The predicted molar refractivity (Wildman–Crippen MR) is 76.6 cm³/mol. The van der Waals surface area contributed by atoms with Crippen LogP contribution in [-0.2, 0) is 0 Å². The number of aliphatic hydroxyl groups excluding tert-OH is 1. The highest BCUT2D eigenvalue weighted by Gasteiger charge is 2.45. The fourth-order valence-electron chi connectivity index (χ4n) is 2.17. The molecule has 1 aliphatic rings. The minimum atomic E-state index is -4.83. The zero-order chi connectivity index (χ0) is 17.4. The third kappa shape index (κ3) is 4.10. The molecule has 6 nitrogen and oxygen atoms in total.